The van der Waals surface area contributed by atoms with E-state index in [9.17, 15) is 18.0 Å². The van der Waals surface area contributed by atoms with Crippen molar-refractivity contribution < 1.29 is 13.2 Å². The molecule has 158 valence electrons. The van der Waals surface area contributed by atoms with Gasteiger partial charge >= 0.3 is 0 Å². The molecule has 10 heteroatoms. The predicted molar refractivity (Wildman–Crippen MR) is 114 cm³/mol. The number of aryl methyl sites for hydroxylation is 2. The lowest BCUT2D eigenvalue weighted by atomic mass is 10.0. The molecule has 0 saturated heterocycles. The van der Waals surface area contributed by atoms with Crippen LogP contribution in [0, 0.1) is 0 Å². The van der Waals surface area contributed by atoms with Gasteiger partial charge in [-0.1, -0.05) is 12.1 Å². The number of nitrogens with one attached hydrogen (secondary N) is 1. The number of sulfonamides is 1. The number of hydrogen-bond donors (Lipinski definition) is 1. The fourth-order valence-corrected chi connectivity index (χ4v) is 5.56. The highest BCUT2D eigenvalue weighted by atomic mass is 32.2. The molecule has 30 heavy (non-hydrogen) atoms. The third-order valence-electron chi connectivity index (χ3n) is 5.20. The summed E-state index contributed by atoms with van der Waals surface area (Å²) in [5, 5.41) is 2.73. The van der Waals surface area contributed by atoms with Crippen molar-refractivity contribution in [2.75, 3.05) is 14.1 Å². The number of carbonyl (C=O) groups excluding carboxylic acids is 1. The molecule has 1 N–H and O–H groups in total. The Bertz CT molecular complexity index is 1270. The van der Waals surface area contributed by atoms with E-state index in [0.29, 0.717) is 4.96 Å². The topological polar surface area (TPSA) is 101 Å². The Morgan fingerprint density at radius 1 is 1.20 bits per heavy atom. The van der Waals surface area contributed by atoms with Gasteiger partial charge in [0.2, 0.25) is 10.0 Å². The van der Waals surface area contributed by atoms with Gasteiger partial charge in [0.1, 0.15) is 5.56 Å². The van der Waals surface area contributed by atoms with Crippen LogP contribution in [-0.4, -0.2) is 42.1 Å². The summed E-state index contributed by atoms with van der Waals surface area (Å²) < 4.78 is 27.0. The van der Waals surface area contributed by atoms with Crippen LogP contribution in [-0.2, 0) is 29.4 Å². The van der Waals surface area contributed by atoms with Crippen molar-refractivity contribution in [3.8, 4) is 0 Å². The summed E-state index contributed by atoms with van der Waals surface area (Å²) in [4.78, 5) is 31.9. The molecule has 1 aliphatic carbocycles. The number of thiazole rings is 1. The van der Waals surface area contributed by atoms with Crippen molar-refractivity contribution in [3.05, 3.63) is 62.5 Å². The molecule has 1 aromatic carbocycles. The van der Waals surface area contributed by atoms with Crippen LogP contribution in [0.4, 0.5) is 0 Å². The van der Waals surface area contributed by atoms with Crippen LogP contribution in [0.5, 0.6) is 0 Å². The molecule has 1 amide bonds. The third-order valence-corrected chi connectivity index (χ3v) is 8.19. The number of benzene rings is 1. The molecule has 0 atom stereocenters. The first-order valence-corrected chi connectivity index (χ1v) is 11.9. The van der Waals surface area contributed by atoms with Gasteiger partial charge in [0.15, 0.2) is 4.96 Å². The second-order valence-electron chi connectivity index (χ2n) is 7.39. The second-order valence-corrected chi connectivity index (χ2v) is 10.6. The Kier molecular flexibility index (Phi) is 5.48. The third kappa shape index (κ3) is 3.66. The molecule has 3 aromatic rings. The summed E-state index contributed by atoms with van der Waals surface area (Å²) in [6, 6.07) is 6.27. The standard InChI is InChI=1S/C20H22N4O4S2/c1-23(2)30(27,28)14-9-7-13(8-10-14)11-21-18(25)15-12-22-20-24(19(15)26)16-5-3-4-6-17(16)29-20/h7-10,12H,3-6,11H2,1-2H3,(H,21,25). The summed E-state index contributed by atoms with van der Waals surface area (Å²) >= 11 is 1.52. The van der Waals surface area contributed by atoms with Crippen LogP contribution in [0.1, 0.15) is 39.3 Å². The lowest BCUT2D eigenvalue weighted by Gasteiger charge is -2.12. The van der Waals surface area contributed by atoms with Gasteiger partial charge in [-0.25, -0.2) is 17.7 Å². The normalized spacial score (nSPS) is 14.1. The molecule has 0 bridgehead atoms. The predicted octanol–water partition coefficient (Wildman–Crippen LogP) is 1.82. The van der Waals surface area contributed by atoms with E-state index in [0.717, 1.165) is 41.2 Å². The zero-order chi connectivity index (χ0) is 21.5. The van der Waals surface area contributed by atoms with Crippen molar-refractivity contribution in [1.29, 1.82) is 0 Å². The molecule has 4 rings (SSSR count). The molecule has 0 aliphatic heterocycles. The Morgan fingerprint density at radius 3 is 2.60 bits per heavy atom. The molecule has 0 unspecified atom stereocenters. The van der Waals surface area contributed by atoms with Crippen LogP contribution in [0.2, 0.25) is 0 Å². The van der Waals surface area contributed by atoms with E-state index in [1.165, 1.54) is 48.6 Å². The van der Waals surface area contributed by atoms with Crippen LogP contribution >= 0.6 is 11.3 Å². The SMILES string of the molecule is CN(C)S(=O)(=O)c1ccc(CNC(=O)c2cnc3sc4c(n3c2=O)CCCC4)cc1. The van der Waals surface area contributed by atoms with E-state index in [1.54, 1.807) is 16.5 Å². The van der Waals surface area contributed by atoms with Gasteiger partial charge in [-0.2, -0.15) is 0 Å². The minimum Gasteiger partial charge on any atom is -0.348 e. The number of hydrogen-bond acceptors (Lipinski definition) is 6. The maximum atomic E-state index is 12.9. The van der Waals surface area contributed by atoms with Gasteiger partial charge in [0.25, 0.3) is 11.5 Å². The van der Waals surface area contributed by atoms with Gasteiger partial charge in [-0.05, 0) is 43.4 Å². The highest BCUT2D eigenvalue weighted by Crippen LogP contribution is 2.28. The number of nitrogens with zero attached hydrogens (tertiary/aromatic N) is 3. The first-order valence-electron chi connectivity index (χ1n) is 9.61. The quantitative estimate of drug-likeness (QED) is 0.644. The monoisotopic (exact) mass is 446 g/mol. The second kappa shape index (κ2) is 7.93. The zero-order valence-corrected chi connectivity index (χ0v) is 18.3. The van der Waals surface area contributed by atoms with Crippen molar-refractivity contribution in [2.24, 2.45) is 0 Å². The summed E-state index contributed by atoms with van der Waals surface area (Å²) in [6.07, 6.45) is 5.24. The van der Waals surface area contributed by atoms with Crippen molar-refractivity contribution in [2.45, 2.75) is 37.1 Å². The molecule has 2 heterocycles. The molecule has 1 aliphatic rings. The fraction of sp³-hybridized carbons (Fsp3) is 0.350. The highest BCUT2D eigenvalue weighted by Gasteiger charge is 2.21. The minimum absolute atomic E-state index is 0.00507. The summed E-state index contributed by atoms with van der Waals surface area (Å²) in [5.74, 6) is -0.498. The molecule has 0 fully saturated rings. The molecule has 0 radical (unpaired) electrons. The van der Waals surface area contributed by atoms with Gasteiger partial charge in [0, 0.05) is 37.4 Å². The average Bonchev–Trinajstić information content (AvgIpc) is 3.12. The maximum Gasteiger partial charge on any atom is 0.271 e. The van der Waals surface area contributed by atoms with Gasteiger partial charge in [0.05, 0.1) is 4.90 Å². The summed E-state index contributed by atoms with van der Waals surface area (Å²) in [7, 11) is -0.562. The van der Waals surface area contributed by atoms with Crippen molar-refractivity contribution in [3.63, 3.8) is 0 Å². The Hall–Kier alpha value is -2.56. The van der Waals surface area contributed by atoms with Crippen molar-refractivity contribution in [1.82, 2.24) is 19.0 Å². The van der Waals surface area contributed by atoms with Gasteiger partial charge < -0.3 is 5.32 Å². The van der Waals surface area contributed by atoms with Crippen LogP contribution in [0.25, 0.3) is 4.96 Å². The Balaban J connectivity index is 1.53. The van der Waals surface area contributed by atoms with Gasteiger partial charge in [-0.3, -0.25) is 14.0 Å². The van der Waals surface area contributed by atoms with E-state index >= 15 is 0 Å². The van der Waals surface area contributed by atoms with E-state index in [1.807, 2.05) is 0 Å². The average molecular weight is 447 g/mol. The summed E-state index contributed by atoms with van der Waals surface area (Å²) in [6.45, 7) is 0.172. The molecular formula is C20H22N4O4S2. The largest absolute Gasteiger partial charge is 0.348 e. The van der Waals surface area contributed by atoms with Crippen LogP contribution < -0.4 is 10.9 Å². The molecule has 8 nitrogen and oxygen atoms in total. The molecule has 0 saturated carbocycles. The number of carbonyl (C=O) groups is 1. The van der Waals surface area contributed by atoms with E-state index in [-0.39, 0.29) is 22.6 Å². The van der Waals surface area contributed by atoms with Crippen molar-refractivity contribution >= 4 is 32.2 Å². The lowest BCUT2D eigenvalue weighted by molar-refractivity contribution is 0.0949. The van der Waals surface area contributed by atoms with E-state index < -0.39 is 15.9 Å². The van der Waals surface area contributed by atoms with Gasteiger partial charge in [-0.15, -0.1) is 11.3 Å². The van der Waals surface area contributed by atoms with Crippen LogP contribution in [0.3, 0.4) is 0 Å². The minimum atomic E-state index is -3.50. The molecule has 0 spiro atoms. The zero-order valence-electron chi connectivity index (χ0n) is 16.7. The molecule has 2 aromatic heterocycles. The Labute approximate surface area is 178 Å². The first-order chi connectivity index (χ1) is 14.3. The number of fused-ring (bicyclic) bond motifs is 3. The smallest absolute Gasteiger partial charge is 0.271 e. The fourth-order valence-electron chi connectivity index (χ4n) is 3.49. The van der Waals surface area contributed by atoms with E-state index in [2.05, 4.69) is 10.3 Å². The maximum absolute atomic E-state index is 12.9. The highest BCUT2D eigenvalue weighted by molar-refractivity contribution is 7.89. The lowest BCUT2D eigenvalue weighted by Crippen LogP contribution is -2.31. The Morgan fingerprint density at radius 2 is 1.90 bits per heavy atom. The number of amides is 1. The van der Waals surface area contributed by atoms with Crippen LogP contribution in [0.15, 0.2) is 40.2 Å². The molecular weight excluding hydrogens is 424 g/mol. The summed E-state index contributed by atoms with van der Waals surface area (Å²) in [5.41, 5.74) is 1.36. The van der Waals surface area contributed by atoms with E-state index in [4.69, 9.17) is 0 Å². The number of aromatic nitrogens is 2. The number of rotatable bonds is 5. The first kappa shape index (κ1) is 20.7.